The molecule has 1 aromatic heterocycles. The van der Waals surface area contributed by atoms with Crippen molar-refractivity contribution in [3.63, 3.8) is 0 Å². The molecule has 0 radical (unpaired) electrons. The van der Waals surface area contributed by atoms with Crippen LogP contribution in [-0.2, 0) is 6.42 Å². The number of anilines is 2. The lowest BCUT2D eigenvalue weighted by Gasteiger charge is -2.36. The number of aryl methyl sites for hydroxylation is 1. The van der Waals surface area contributed by atoms with Gasteiger partial charge in [-0.25, -0.2) is 4.79 Å². The molecule has 8 heteroatoms. The molecule has 4 rings (SSSR count). The highest BCUT2D eigenvalue weighted by molar-refractivity contribution is 5.94. The van der Waals surface area contributed by atoms with Gasteiger partial charge in [-0.1, -0.05) is 12.1 Å². The van der Waals surface area contributed by atoms with Gasteiger partial charge < -0.3 is 19.6 Å². The number of benzene rings is 2. The van der Waals surface area contributed by atoms with E-state index in [0.29, 0.717) is 36.8 Å². The summed E-state index contributed by atoms with van der Waals surface area (Å²) in [7, 11) is 0. The molecule has 8 nitrogen and oxygen atoms in total. The van der Waals surface area contributed by atoms with Gasteiger partial charge in [0.2, 0.25) is 11.7 Å². The molecule has 31 heavy (non-hydrogen) atoms. The Labute approximate surface area is 180 Å². The fourth-order valence-corrected chi connectivity index (χ4v) is 3.50. The Balaban J connectivity index is 1.31. The van der Waals surface area contributed by atoms with E-state index in [1.165, 1.54) is 0 Å². The van der Waals surface area contributed by atoms with Crippen molar-refractivity contribution in [1.29, 1.82) is 0 Å². The maximum atomic E-state index is 12.6. The average molecular weight is 419 g/mol. The van der Waals surface area contributed by atoms with Crippen LogP contribution >= 0.6 is 0 Å². The molecule has 160 valence electrons. The number of aromatic nitrogens is 2. The molecule has 0 atom stereocenters. The van der Waals surface area contributed by atoms with Crippen LogP contribution in [0.4, 0.5) is 16.2 Å². The predicted octanol–water partition coefficient (Wildman–Crippen LogP) is 3.86. The van der Waals surface area contributed by atoms with E-state index in [1.807, 2.05) is 55.5 Å². The lowest BCUT2D eigenvalue weighted by atomic mass is 10.1. The van der Waals surface area contributed by atoms with E-state index in [9.17, 15) is 9.59 Å². The van der Waals surface area contributed by atoms with Crippen molar-refractivity contribution >= 4 is 23.2 Å². The van der Waals surface area contributed by atoms with Crippen molar-refractivity contribution < 1.29 is 14.1 Å². The zero-order valence-electron chi connectivity index (χ0n) is 17.7. The maximum absolute atomic E-state index is 12.6. The number of ketones is 1. The van der Waals surface area contributed by atoms with Crippen LogP contribution < -0.4 is 10.2 Å². The molecule has 0 spiro atoms. The third-order valence-electron chi connectivity index (χ3n) is 5.37. The minimum absolute atomic E-state index is 0.0593. The molecule has 0 saturated carbocycles. The Morgan fingerprint density at radius 2 is 1.68 bits per heavy atom. The smallest absolute Gasteiger partial charge is 0.321 e. The number of hydrogen-bond acceptors (Lipinski definition) is 6. The first kappa shape index (κ1) is 20.6. The Morgan fingerprint density at radius 3 is 2.26 bits per heavy atom. The van der Waals surface area contributed by atoms with Crippen molar-refractivity contribution in [3.8, 4) is 11.4 Å². The van der Waals surface area contributed by atoms with Crippen LogP contribution in [0, 0.1) is 0 Å². The van der Waals surface area contributed by atoms with Crippen LogP contribution in [0.3, 0.4) is 0 Å². The number of urea groups is 1. The van der Waals surface area contributed by atoms with Crippen LogP contribution in [0.2, 0.25) is 0 Å². The molecule has 2 aromatic carbocycles. The lowest BCUT2D eigenvalue weighted by molar-refractivity contribution is 0.101. The fourth-order valence-electron chi connectivity index (χ4n) is 3.50. The standard InChI is InChI=1S/C23H25N5O3/c1-3-21-25-22(26-31-21)18-4-8-19(9-5-18)24-23(30)28-14-12-27(13-15-28)20-10-6-17(7-11-20)16(2)29/h4-11H,3,12-15H2,1-2H3,(H,24,30). The number of hydrogen-bond donors (Lipinski definition) is 1. The third-order valence-corrected chi connectivity index (χ3v) is 5.37. The van der Waals surface area contributed by atoms with Crippen LogP contribution in [0.1, 0.15) is 30.1 Å². The second-order valence-corrected chi connectivity index (χ2v) is 7.45. The van der Waals surface area contributed by atoms with E-state index in [-0.39, 0.29) is 11.8 Å². The van der Waals surface area contributed by atoms with Gasteiger partial charge in [0, 0.05) is 55.1 Å². The minimum atomic E-state index is -0.118. The number of carbonyl (C=O) groups is 2. The highest BCUT2D eigenvalue weighted by atomic mass is 16.5. The van der Waals surface area contributed by atoms with Crippen molar-refractivity contribution in [2.24, 2.45) is 0 Å². The molecule has 0 bridgehead atoms. The number of rotatable bonds is 5. The summed E-state index contributed by atoms with van der Waals surface area (Å²) in [5.41, 5.74) is 3.33. The molecular formula is C23H25N5O3. The number of carbonyl (C=O) groups excluding carboxylic acids is 2. The Bertz CT molecular complexity index is 1050. The Hall–Kier alpha value is -3.68. The number of amides is 2. The van der Waals surface area contributed by atoms with E-state index < -0.39 is 0 Å². The number of Topliss-reactive ketones (excluding diaryl/α,β-unsaturated/α-hetero) is 1. The van der Waals surface area contributed by atoms with Crippen molar-refractivity contribution in [3.05, 3.63) is 60.0 Å². The van der Waals surface area contributed by atoms with Gasteiger partial charge in [0.25, 0.3) is 0 Å². The SMILES string of the molecule is CCc1nc(-c2ccc(NC(=O)N3CCN(c4ccc(C(C)=O)cc4)CC3)cc2)no1. The molecule has 1 aliphatic heterocycles. The molecule has 1 saturated heterocycles. The zero-order chi connectivity index (χ0) is 21.8. The summed E-state index contributed by atoms with van der Waals surface area (Å²) in [6.07, 6.45) is 0.693. The normalized spacial score (nSPS) is 13.9. The van der Waals surface area contributed by atoms with Gasteiger partial charge in [0.15, 0.2) is 5.78 Å². The molecule has 2 amide bonds. The van der Waals surface area contributed by atoms with Gasteiger partial charge in [-0.3, -0.25) is 4.79 Å². The highest BCUT2D eigenvalue weighted by Crippen LogP contribution is 2.21. The molecular weight excluding hydrogens is 394 g/mol. The van der Waals surface area contributed by atoms with E-state index in [1.54, 1.807) is 11.8 Å². The first-order valence-electron chi connectivity index (χ1n) is 10.4. The molecule has 2 heterocycles. The Morgan fingerprint density at radius 1 is 1.00 bits per heavy atom. The van der Waals surface area contributed by atoms with Crippen LogP contribution in [0.5, 0.6) is 0 Å². The van der Waals surface area contributed by atoms with E-state index >= 15 is 0 Å². The summed E-state index contributed by atoms with van der Waals surface area (Å²) in [4.78, 5) is 32.4. The molecule has 1 aliphatic rings. The van der Waals surface area contributed by atoms with Crippen molar-refractivity contribution in [2.75, 3.05) is 36.4 Å². The summed E-state index contributed by atoms with van der Waals surface area (Å²) < 4.78 is 5.14. The first-order valence-corrected chi connectivity index (χ1v) is 10.4. The highest BCUT2D eigenvalue weighted by Gasteiger charge is 2.21. The Kier molecular flexibility index (Phi) is 5.97. The molecule has 0 unspecified atom stereocenters. The van der Waals surface area contributed by atoms with E-state index in [4.69, 9.17) is 4.52 Å². The summed E-state index contributed by atoms with van der Waals surface area (Å²) in [6, 6.07) is 14.9. The molecule has 1 fully saturated rings. The molecule has 0 aliphatic carbocycles. The van der Waals surface area contributed by atoms with Crippen molar-refractivity contribution in [1.82, 2.24) is 15.0 Å². The van der Waals surface area contributed by atoms with Gasteiger partial charge in [0.05, 0.1) is 0 Å². The van der Waals surface area contributed by atoms with Gasteiger partial charge >= 0.3 is 6.03 Å². The fraction of sp³-hybridized carbons (Fsp3) is 0.304. The molecule has 3 aromatic rings. The van der Waals surface area contributed by atoms with Crippen LogP contribution in [-0.4, -0.2) is 53.0 Å². The summed E-state index contributed by atoms with van der Waals surface area (Å²) >= 11 is 0. The lowest BCUT2D eigenvalue weighted by Crippen LogP contribution is -2.50. The van der Waals surface area contributed by atoms with Crippen LogP contribution in [0.25, 0.3) is 11.4 Å². The van der Waals surface area contributed by atoms with Gasteiger partial charge in [-0.2, -0.15) is 4.98 Å². The largest absolute Gasteiger partial charge is 0.368 e. The summed E-state index contributed by atoms with van der Waals surface area (Å²) in [5, 5.41) is 6.91. The average Bonchev–Trinajstić information content (AvgIpc) is 3.29. The van der Waals surface area contributed by atoms with E-state index in [0.717, 1.165) is 30.0 Å². The van der Waals surface area contributed by atoms with Gasteiger partial charge in [-0.15, -0.1) is 0 Å². The minimum Gasteiger partial charge on any atom is -0.368 e. The topological polar surface area (TPSA) is 91.6 Å². The van der Waals surface area contributed by atoms with Crippen LogP contribution in [0.15, 0.2) is 53.1 Å². The zero-order valence-corrected chi connectivity index (χ0v) is 17.7. The van der Waals surface area contributed by atoms with Gasteiger partial charge in [-0.05, 0) is 55.5 Å². The predicted molar refractivity (Wildman–Crippen MR) is 118 cm³/mol. The third kappa shape index (κ3) is 4.74. The number of nitrogens with zero attached hydrogens (tertiary/aromatic N) is 4. The van der Waals surface area contributed by atoms with Crippen molar-refractivity contribution in [2.45, 2.75) is 20.3 Å². The maximum Gasteiger partial charge on any atom is 0.321 e. The van der Waals surface area contributed by atoms with E-state index in [2.05, 4.69) is 20.4 Å². The summed E-state index contributed by atoms with van der Waals surface area (Å²) in [6.45, 7) is 6.25. The van der Waals surface area contributed by atoms with Gasteiger partial charge in [0.1, 0.15) is 0 Å². The quantitative estimate of drug-likeness (QED) is 0.632. The number of piperazine rings is 1. The molecule has 1 N–H and O–H groups in total. The first-order chi connectivity index (χ1) is 15.0. The summed E-state index contributed by atoms with van der Waals surface area (Å²) in [5.74, 6) is 1.20. The second kappa shape index (κ2) is 8.99. The monoisotopic (exact) mass is 419 g/mol. The number of nitrogens with one attached hydrogen (secondary N) is 1. The second-order valence-electron chi connectivity index (χ2n) is 7.45.